The van der Waals surface area contributed by atoms with Crippen LogP contribution in [0.25, 0.3) is 11.1 Å². The van der Waals surface area contributed by atoms with Crippen molar-refractivity contribution in [3.63, 3.8) is 0 Å². The number of anilines is 3. The summed E-state index contributed by atoms with van der Waals surface area (Å²) in [5.41, 5.74) is -2.01. The van der Waals surface area contributed by atoms with E-state index in [4.69, 9.17) is 0 Å². The van der Waals surface area contributed by atoms with Crippen LogP contribution in [0.15, 0.2) is 49.4 Å². The molecule has 1 aromatic carbocycles. The van der Waals surface area contributed by atoms with Gasteiger partial charge in [-0.1, -0.05) is 33.3 Å². The summed E-state index contributed by atoms with van der Waals surface area (Å²) in [6, 6.07) is 1.20. The van der Waals surface area contributed by atoms with E-state index in [9.17, 15) is 26.3 Å². The Morgan fingerprint density at radius 1 is 0.973 bits per heavy atom. The number of hydrogen-bond donors (Lipinski definition) is 2. The number of aromatic nitrogens is 4. The number of benzene rings is 1. The molecule has 0 fully saturated rings. The van der Waals surface area contributed by atoms with Crippen LogP contribution in [0.1, 0.15) is 51.7 Å². The van der Waals surface area contributed by atoms with Gasteiger partial charge in [-0.2, -0.15) is 36.4 Å². The second-order valence-corrected chi connectivity index (χ2v) is 7.73. The van der Waals surface area contributed by atoms with E-state index in [1.807, 2.05) is 13.8 Å². The molecule has 0 spiro atoms. The minimum absolute atomic E-state index is 0.0577. The van der Waals surface area contributed by atoms with Gasteiger partial charge in [0, 0.05) is 42.8 Å². The zero-order chi connectivity index (χ0) is 28.2. The maximum absolute atomic E-state index is 13.0. The fourth-order valence-electron chi connectivity index (χ4n) is 2.85. The highest BCUT2D eigenvalue weighted by Gasteiger charge is 2.37. The first-order valence-corrected chi connectivity index (χ1v) is 11.6. The van der Waals surface area contributed by atoms with Gasteiger partial charge in [0.05, 0.1) is 17.3 Å². The van der Waals surface area contributed by atoms with Gasteiger partial charge < -0.3 is 10.6 Å². The average Bonchev–Trinajstić information content (AvgIpc) is 3.27. The molecular formula is C25H32F6N6. The van der Waals surface area contributed by atoms with Crippen LogP contribution in [0.5, 0.6) is 0 Å². The summed E-state index contributed by atoms with van der Waals surface area (Å²) in [6.07, 6.45) is -1.19. The van der Waals surface area contributed by atoms with E-state index >= 15 is 0 Å². The van der Waals surface area contributed by atoms with E-state index in [2.05, 4.69) is 46.1 Å². The van der Waals surface area contributed by atoms with Gasteiger partial charge in [-0.25, -0.2) is 4.98 Å². The fraction of sp³-hybridized carbons (Fsp3) is 0.400. The number of alkyl halides is 6. The molecule has 0 bridgehead atoms. The molecule has 0 saturated carbocycles. The Hall–Kier alpha value is -3.57. The van der Waals surface area contributed by atoms with Gasteiger partial charge in [-0.3, -0.25) is 4.68 Å². The summed E-state index contributed by atoms with van der Waals surface area (Å²) >= 11 is 0. The third-order valence-corrected chi connectivity index (χ3v) is 4.27. The topological polar surface area (TPSA) is 67.7 Å². The molecule has 2 N–H and O–H groups in total. The van der Waals surface area contributed by atoms with Gasteiger partial charge in [0.2, 0.25) is 5.95 Å². The van der Waals surface area contributed by atoms with Crippen LogP contribution in [0, 0.1) is 0 Å². The lowest BCUT2D eigenvalue weighted by Crippen LogP contribution is -2.12. The van der Waals surface area contributed by atoms with Gasteiger partial charge in [0.15, 0.2) is 0 Å². The molecule has 0 aliphatic rings. The molecule has 2 aromatic heterocycles. The molecule has 0 aliphatic heterocycles. The molecule has 0 atom stereocenters. The van der Waals surface area contributed by atoms with E-state index in [1.54, 1.807) is 30.2 Å². The van der Waals surface area contributed by atoms with Gasteiger partial charge in [0.25, 0.3) is 0 Å². The smallest absolute Gasteiger partial charge is 0.372 e. The molecule has 37 heavy (non-hydrogen) atoms. The van der Waals surface area contributed by atoms with E-state index < -0.39 is 29.2 Å². The van der Waals surface area contributed by atoms with Crippen LogP contribution in [-0.2, 0) is 18.9 Å². The number of nitrogens with one attached hydrogen (secondary N) is 2. The molecule has 0 aliphatic carbocycles. The van der Waals surface area contributed by atoms with Gasteiger partial charge >= 0.3 is 12.4 Å². The Kier molecular flexibility index (Phi) is 12.1. The Morgan fingerprint density at radius 3 is 1.97 bits per heavy atom. The molecular weight excluding hydrogens is 498 g/mol. The number of aryl methyl sites for hydroxylation is 1. The normalized spacial score (nSPS) is 11.0. The molecule has 0 unspecified atom stereocenters. The van der Waals surface area contributed by atoms with Gasteiger partial charge in [-0.05, 0) is 31.5 Å². The predicted molar refractivity (Wildman–Crippen MR) is 135 cm³/mol. The summed E-state index contributed by atoms with van der Waals surface area (Å²) in [5, 5.41) is 9.49. The first-order chi connectivity index (χ1) is 17.3. The average molecular weight is 531 g/mol. The second kappa shape index (κ2) is 14.2. The van der Waals surface area contributed by atoms with Gasteiger partial charge in [0.1, 0.15) is 5.82 Å². The maximum Gasteiger partial charge on any atom is 0.416 e. The van der Waals surface area contributed by atoms with Crippen molar-refractivity contribution >= 4 is 17.5 Å². The number of nitrogens with zero attached hydrogens (tertiary/aromatic N) is 4. The van der Waals surface area contributed by atoms with Crippen molar-refractivity contribution in [3.05, 3.63) is 60.6 Å². The highest BCUT2D eigenvalue weighted by atomic mass is 19.4. The Balaban J connectivity index is 0.00000104. The quantitative estimate of drug-likeness (QED) is 0.248. The minimum atomic E-state index is -4.95. The Labute approximate surface area is 212 Å². The minimum Gasteiger partial charge on any atom is -0.372 e. The van der Waals surface area contributed by atoms with Crippen molar-refractivity contribution in [2.24, 2.45) is 0 Å². The van der Waals surface area contributed by atoms with Crippen LogP contribution in [0.3, 0.4) is 0 Å². The third-order valence-electron chi connectivity index (χ3n) is 4.27. The molecule has 3 aromatic rings. The number of rotatable bonds is 6. The van der Waals surface area contributed by atoms with Crippen LogP contribution >= 0.6 is 0 Å². The summed E-state index contributed by atoms with van der Waals surface area (Å²) in [6.45, 7) is 12.2. The van der Waals surface area contributed by atoms with Crippen LogP contribution < -0.4 is 10.6 Å². The summed E-state index contributed by atoms with van der Waals surface area (Å²) in [4.78, 5) is 8.21. The first-order valence-electron chi connectivity index (χ1n) is 11.6. The lowest BCUT2D eigenvalue weighted by molar-refractivity contribution is -0.143. The number of allylic oxidation sites excluding steroid dienone is 1. The standard InChI is InChI=1S/C19H18F6N6.C3H8.C3H6/c1-3-4-31-10-11(8-28-31)15-9-27-17(30-16(15)26-2)29-14-6-12(18(20,21)22)5-13(7-14)19(23,24)25;2*1-3-2/h5-10H,3-4H2,1-2H3,(H2,26,27,29,30);3H2,1-2H3;3H,1H2,2H3. The van der Waals surface area contributed by atoms with Crippen molar-refractivity contribution in [1.29, 1.82) is 0 Å². The van der Waals surface area contributed by atoms with Crippen molar-refractivity contribution in [1.82, 2.24) is 19.7 Å². The van der Waals surface area contributed by atoms with Gasteiger partial charge in [-0.15, -0.1) is 6.58 Å². The van der Waals surface area contributed by atoms with Crippen molar-refractivity contribution in [2.45, 2.75) is 59.4 Å². The molecule has 204 valence electrons. The lowest BCUT2D eigenvalue weighted by Gasteiger charge is -2.15. The number of halogens is 6. The zero-order valence-electron chi connectivity index (χ0n) is 21.4. The first kappa shape index (κ1) is 31.5. The SMILES string of the molecule is C=CC.CCC.CCCn1cc(-c2cnc(Nc3cc(C(F)(F)F)cc(C(F)(F)F)c3)nc2NC)cn1. The van der Waals surface area contributed by atoms with Crippen molar-refractivity contribution in [3.8, 4) is 11.1 Å². The zero-order valence-corrected chi connectivity index (χ0v) is 21.4. The molecule has 3 rings (SSSR count). The van der Waals surface area contributed by atoms with Crippen molar-refractivity contribution < 1.29 is 26.3 Å². The fourth-order valence-corrected chi connectivity index (χ4v) is 2.85. The van der Waals surface area contributed by atoms with E-state index in [0.29, 0.717) is 35.6 Å². The molecule has 2 heterocycles. The molecule has 12 heteroatoms. The number of hydrogen-bond acceptors (Lipinski definition) is 5. The molecule has 0 saturated heterocycles. The molecule has 0 amide bonds. The van der Waals surface area contributed by atoms with E-state index in [1.165, 1.54) is 12.6 Å². The summed E-state index contributed by atoms with van der Waals surface area (Å²) in [5.74, 6) is 0.165. The van der Waals surface area contributed by atoms with Crippen LogP contribution in [0.2, 0.25) is 0 Å². The van der Waals surface area contributed by atoms with E-state index in [0.717, 1.165) is 6.42 Å². The Bertz CT molecular complexity index is 1090. The molecule has 6 nitrogen and oxygen atoms in total. The van der Waals surface area contributed by atoms with Crippen LogP contribution in [0.4, 0.5) is 43.8 Å². The highest BCUT2D eigenvalue weighted by Crippen LogP contribution is 2.38. The maximum atomic E-state index is 13.0. The second-order valence-electron chi connectivity index (χ2n) is 7.73. The van der Waals surface area contributed by atoms with Crippen molar-refractivity contribution in [2.75, 3.05) is 17.7 Å². The predicted octanol–water partition coefficient (Wildman–Crippen LogP) is 8.18. The molecule has 0 radical (unpaired) electrons. The highest BCUT2D eigenvalue weighted by molar-refractivity contribution is 5.74. The monoisotopic (exact) mass is 530 g/mol. The lowest BCUT2D eigenvalue weighted by atomic mass is 10.1. The summed E-state index contributed by atoms with van der Waals surface area (Å²) < 4.78 is 80.0. The summed E-state index contributed by atoms with van der Waals surface area (Å²) in [7, 11) is 1.58. The third kappa shape index (κ3) is 9.77. The van der Waals surface area contributed by atoms with Crippen LogP contribution in [-0.4, -0.2) is 26.8 Å². The largest absolute Gasteiger partial charge is 0.416 e. The Morgan fingerprint density at radius 2 is 1.51 bits per heavy atom. The van der Waals surface area contributed by atoms with E-state index in [-0.39, 0.29) is 12.0 Å².